The summed E-state index contributed by atoms with van der Waals surface area (Å²) in [6.45, 7) is 0.320. The summed E-state index contributed by atoms with van der Waals surface area (Å²) in [7, 11) is 1.94. The molecule has 4 rings (SSSR count). The lowest BCUT2D eigenvalue weighted by atomic mass is 10.2. The van der Waals surface area contributed by atoms with Crippen molar-refractivity contribution < 1.29 is 4.42 Å². The lowest BCUT2D eigenvalue weighted by Crippen LogP contribution is -2.24. The van der Waals surface area contributed by atoms with E-state index >= 15 is 0 Å². The Labute approximate surface area is 158 Å². The first kappa shape index (κ1) is 16.9. The smallest absolute Gasteiger partial charge is 0.262 e. The third kappa shape index (κ3) is 3.27. The Balaban J connectivity index is 1.79. The minimum atomic E-state index is -0.120. The minimum Gasteiger partial charge on any atom is -0.467 e. The van der Waals surface area contributed by atoms with Crippen molar-refractivity contribution in [1.82, 2.24) is 19.1 Å². The van der Waals surface area contributed by atoms with Gasteiger partial charge >= 0.3 is 0 Å². The molecular weight excluding hydrogens is 372 g/mol. The molecule has 26 heavy (non-hydrogen) atoms. The molecule has 0 atom stereocenters. The SMILES string of the molecule is Cn1ccnc1CSc1nc2cc(Cl)ccc2c(=O)n1Cc1ccco1. The Bertz CT molecular complexity index is 1120. The lowest BCUT2D eigenvalue weighted by Gasteiger charge is -2.12. The van der Waals surface area contributed by atoms with Crippen molar-refractivity contribution in [3.05, 3.63) is 75.9 Å². The van der Waals surface area contributed by atoms with Gasteiger partial charge in [0.25, 0.3) is 5.56 Å². The van der Waals surface area contributed by atoms with Gasteiger partial charge in [-0.05, 0) is 30.3 Å². The summed E-state index contributed by atoms with van der Waals surface area (Å²) in [6.07, 6.45) is 5.23. The van der Waals surface area contributed by atoms with Crippen molar-refractivity contribution in [2.75, 3.05) is 0 Å². The monoisotopic (exact) mass is 386 g/mol. The van der Waals surface area contributed by atoms with E-state index in [1.54, 1.807) is 41.3 Å². The Morgan fingerprint density at radius 3 is 2.92 bits per heavy atom. The number of rotatable bonds is 5. The van der Waals surface area contributed by atoms with E-state index in [0.717, 1.165) is 5.82 Å². The topological polar surface area (TPSA) is 65.8 Å². The molecule has 3 aromatic heterocycles. The van der Waals surface area contributed by atoms with Crippen LogP contribution in [0.4, 0.5) is 0 Å². The summed E-state index contributed by atoms with van der Waals surface area (Å²) in [5, 5.41) is 1.68. The number of fused-ring (bicyclic) bond motifs is 1. The lowest BCUT2D eigenvalue weighted by molar-refractivity contribution is 0.476. The van der Waals surface area contributed by atoms with Gasteiger partial charge in [-0.15, -0.1) is 0 Å². The number of hydrogen-bond donors (Lipinski definition) is 0. The first-order chi connectivity index (χ1) is 12.6. The fraction of sp³-hybridized carbons (Fsp3) is 0.167. The first-order valence-electron chi connectivity index (χ1n) is 7.93. The van der Waals surface area contributed by atoms with E-state index in [-0.39, 0.29) is 5.56 Å². The van der Waals surface area contributed by atoms with Crippen LogP contribution in [0, 0.1) is 0 Å². The summed E-state index contributed by atoms with van der Waals surface area (Å²) in [6, 6.07) is 8.76. The van der Waals surface area contributed by atoms with Gasteiger partial charge in [-0.25, -0.2) is 9.97 Å². The molecule has 0 aliphatic carbocycles. The fourth-order valence-corrected chi connectivity index (χ4v) is 3.82. The number of aryl methyl sites for hydroxylation is 1. The Kier molecular flexibility index (Phi) is 4.57. The van der Waals surface area contributed by atoms with E-state index in [1.807, 2.05) is 23.9 Å². The second-order valence-electron chi connectivity index (χ2n) is 5.77. The van der Waals surface area contributed by atoms with Gasteiger partial charge in [0, 0.05) is 24.5 Å². The summed E-state index contributed by atoms with van der Waals surface area (Å²) in [4.78, 5) is 22.0. The molecule has 0 radical (unpaired) electrons. The largest absolute Gasteiger partial charge is 0.467 e. The number of aromatic nitrogens is 4. The van der Waals surface area contributed by atoms with Crippen LogP contribution < -0.4 is 5.56 Å². The number of hydrogen-bond acceptors (Lipinski definition) is 5. The van der Waals surface area contributed by atoms with Gasteiger partial charge in [0.05, 0.1) is 29.5 Å². The van der Waals surface area contributed by atoms with E-state index in [2.05, 4.69) is 9.97 Å². The van der Waals surface area contributed by atoms with E-state index in [4.69, 9.17) is 16.0 Å². The van der Waals surface area contributed by atoms with Crippen molar-refractivity contribution in [2.45, 2.75) is 17.5 Å². The fourth-order valence-electron chi connectivity index (χ4n) is 2.65. The van der Waals surface area contributed by atoms with Crippen LogP contribution in [-0.4, -0.2) is 19.1 Å². The van der Waals surface area contributed by atoms with Crippen LogP contribution in [0.15, 0.2) is 63.4 Å². The van der Waals surface area contributed by atoms with Crippen molar-refractivity contribution in [1.29, 1.82) is 0 Å². The van der Waals surface area contributed by atoms with E-state index in [0.29, 0.717) is 39.1 Å². The number of furan rings is 1. The van der Waals surface area contributed by atoms with Gasteiger partial charge in [0.1, 0.15) is 11.6 Å². The molecule has 8 heteroatoms. The number of halogens is 1. The predicted molar refractivity (Wildman–Crippen MR) is 102 cm³/mol. The molecule has 6 nitrogen and oxygen atoms in total. The summed E-state index contributed by atoms with van der Waals surface area (Å²) >= 11 is 7.53. The first-order valence-corrected chi connectivity index (χ1v) is 9.29. The van der Waals surface area contributed by atoms with Crippen molar-refractivity contribution in [3.8, 4) is 0 Å². The third-order valence-electron chi connectivity index (χ3n) is 4.03. The average molecular weight is 387 g/mol. The van der Waals surface area contributed by atoms with Crippen molar-refractivity contribution in [2.24, 2.45) is 7.05 Å². The zero-order valence-corrected chi connectivity index (χ0v) is 15.5. The maximum Gasteiger partial charge on any atom is 0.262 e. The molecule has 0 saturated carbocycles. The average Bonchev–Trinajstić information content (AvgIpc) is 3.27. The zero-order chi connectivity index (χ0) is 18.1. The minimum absolute atomic E-state index is 0.120. The molecule has 0 bridgehead atoms. The highest BCUT2D eigenvalue weighted by molar-refractivity contribution is 7.98. The third-order valence-corrected chi connectivity index (χ3v) is 5.24. The highest BCUT2D eigenvalue weighted by Gasteiger charge is 2.14. The predicted octanol–water partition coefficient (Wildman–Crippen LogP) is 3.72. The second-order valence-corrected chi connectivity index (χ2v) is 7.15. The molecule has 132 valence electrons. The molecule has 3 heterocycles. The van der Waals surface area contributed by atoms with Gasteiger partial charge in [-0.2, -0.15) is 0 Å². The molecule has 4 aromatic rings. The standard InChI is InChI=1S/C18H15ClN4O2S/c1-22-7-6-20-16(22)11-26-18-21-15-9-12(19)4-5-14(15)17(24)23(18)10-13-3-2-8-25-13/h2-9H,10-11H2,1H3. The Hall–Kier alpha value is -2.51. The summed E-state index contributed by atoms with van der Waals surface area (Å²) in [5.41, 5.74) is 0.464. The molecule has 0 aliphatic heterocycles. The maximum atomic E-state index is 13.0. The second kappa shape index (κ2) is 7.01. The van der Waals surface area contributed by atoms with Crippen LogP contribution in [-0.2, 0) is 19.3 Å². The van der Waals surface area contributed by atoms with Gasteiger partial charge in [-0.3, -0.25) is 9.36 Å². The van der Waals surface area contributed by atoms with Crippen LogP contribution in [0.25, 0.3) is 10.9 Å². The zero-order valence-electron chi connectivity index (χ0n) is 13.9. The van der Waals surface area contributed by atoms with E-state index < -0.39 is 0 Å². The van der Waals surface area contributed by atoms with Crippen molar-refractivity contribution in [3.63, 3.8) is 0 Å². The van der Waals surface area contributed by atoms with Gasteiger partial charge < -0.3 is 8.98 Å². The number of benzene rings is 1. The van der Waals surface area contributed by atoms with Gasteiger partial charge in [-0.1, -0.05) is 23.4 Å². The summed E-state index contributed by atoms with van der Waals surface area (Å²) in [5.74, 6) is 2.20. The van der Waals surface area contributed by atoms with Crippen LogP contribution in [0.2, 0.25) is 5.02 Å². The van der Waals surface area contributed by atoms with Crippen LogP contribution >= 0.6 is 23.4 Å². The molecule has 0 N–H and O–H groups in total. The van der Waals surface area contributed by atoms with Crippen molar-refractivity contribution >= 4 is 34.3 Å². The molecule has 0 amide bonds. The highest BCUT2D eigenvalue weighted by Crippen LogP contribution is 2.23. The molecule has 0 saturated heterocycles. The molecule has 0 aliphatic rings. The maximum absolute atomic E-state index is 13.0. The molecule has 0 spiro atoms. The normalized spacial score (nSPS) is 11.3. The van der Waals surface area contributed by atoms with Gasteiger partial charge in [0.15, 0.2) is 5.16 Å². The molecule has 1 aromatic carbocycles. The van der Waals surface area contributed by atoms with E-state index in [1.165, 1.54) is 11.8 Å². The quantitative estimate of drug-likeness (QED) is 0.386. The number of imidazole rings is 1. The molecular formula is C18H15ClN4O2S. The van der Waals surface area contributed by atoms with Crippen LogP contribution in [0.5, 0.6) is 0 Å². The van der Waals surface area contributed by atoms with Crippen LogP contribution in [0.1, 0.15) is 11.6 Å². The van der Waals surface area contributed by atoms with E-state index in [9.17, 15) is 4.79 Å². The molecule has 0 fully saturated rings. The highest BCUT2D eigenvalue weighted by atomic mass is 35.5. The van der Waals surface area contributed by atoms with Crippen LogP contribution in [0.3, 0.4) is 0 Å². The number of thioether (sulfide) groups is 1. The Morgan fingerprint density at radius 2 is 2.19 bits per heavy atom. The summed E-state index contributed by atoms with van der Waals surface area (Å²) < 4.78 is 8.99. The molecule has 0 unspecified atom stereocenters. The number of nitrogens with zero attached hydrogens (tertiary/aromatic N) is 4. The van der Waals surface area contributed by atoms with Gasteiger partial charge in [0.2, 0.25) is 0 Å². The Morgan fingerprint density at radius 1 is 1.31 bits per heavy atom.